The molecule has 1 aromatic heterocycles. The van der Waals surface area contributed by atoms with Crippen molar-refractivity contribution in [1.29, 1.82) is 5.26 Å². The van der Waals surface area contributed by atoms with Crippen LogP contribution in [0.5, 0.6) is 0 Å². The molecule has 3 heteroatoms. The van der Waals surface area contributed by atoms with Crippen molar-refractivity contribution in [2.24, 2.45) is 0 Å². The molecule has 0 amide bonds. The Morgan fingerprint density at radius 1 is 1.05 bits per heavy atom. The molecule has 0 N–H and O–H groups in total. The molecule has 0 bridgehead atoms. The summed E-state index contributed by atoms with van der Waals surface area (Å²) in [6.45, 7) is 0. The molecule has 3 rings (SSSR count). The van der Waals surface area contributed by atoms with Gasteiger partial charge in [0.25, 0.3) is 5.56 Å². The summed E-state index contributed by atoms with van der Waals surface area (Å²) in [5.41, 5.74) is 2.03. The van der Waals surface area contributed by atoms with Gasteiger partial charge in [-0.25, -0.2) is 0 Å². The summed E-state index contributed by atoms with van der Waals surface area (Å²) in [6.07, 6.45) is 4.35. The van der Waals surface area contributed by atoms with Crippen molar-refractivity contribution in [3.05, 3.63) is 58.4 Å². The van der Waals surface area contributed by atoms with Crippen LogP contribution < -0.4 is 5.56 Å². The van der Waals surface area contributed by atoms with E-state index in [1.165, 1.54) is 0 Å². The van der Waals surface area contributed by atoms with Gasteiger partial charge in [0.05, 0.1) is 5.69 Å². The Hall–Kier alpha value is -2.34. The van der Waals surface area contributed by atoms with Gasteiger partial charge < -0.3 is 4.57 Å². The van der Waals surface area contributed by atoms with Crippen LogP contribution in [0.1, 0.15) is 37.3 Å². The molecule has 100 valence electrons. The van der Waals surface area contributed by atoms with E-state index in [1.54, 1.807) is 6.07 Å². The maximum Gasteiger partial charge on any atom is 0.269 e. The molecule has 1 saturated carbocycles. The Morgan fingerprint density at radius 3 is 2.40 bits per heavy atom. The van der Waals surface area contributed by atoms with E-state index >= 15 is 0 Å². The summed E-state index contributed by atoms with van der Waals surface area (Å²) in [5, 5.41) is 9.08. The van der Waals surface area contributed by atoms with E-state index in [0.29, 0.717) is 0 Å². The average Bonchev–Trinajstić information content (AvgIpc) is 3.01. The molecule has 0 saturated heterocycles. The van der Waals surface area contributed by atoms with Gasteiger partial charge in [0.2, 0.25) is 0 Å². The normalized spacial score (nSPS) is 15.2. The van der Waals surface area contributed by atoms with Crippen molar-refractivity contribution in [1.82, 2.24) is 4.57 Å². The quantitative estimate of drug-likeness (QED) is 0.833. The Bertz CT molecular complexity index is 704. The van der Waals surface area contributed by atoms with E-state index in [0.717, 1.165) is 36.9 Å². The number of rotatable bonds is 2. The molecule has 0 spiro atoms. The third kappa shape index (κ3) is 2.14. The van der Waals surface area contributed by atoms with Gasteiger partial charge in [-0.05, 0) is 30.5 Å². The number of benzene rings is 1. The maximum absolute atomic E-state index is 12.5. The second-order valence-electron chi connectivity index (χ2n) is 5.22. The van der Waals surface area contributed by atoms with Crippen LogP contribution in [0.3, 0.4) is 0 Å². The summed E-state index contributed by atoms with van der Waals surface area (Å²) >= 11 is 0. The number of pyridine rings is 1. The molecule has 0 aliphatic heterocycles. The fraction of sp³-hybridized carbons (Fsp3) is 0.294. The molecule has 1 fully saturated rings. The van der Waals surface area contributed by atoms with Crippen molar-refractivity contribution < 1.29 is 0 Å². The zero-order valence-corrected chi connectivity index (χ0v) is 11.2. The van der Waals surface area contributed by atoms with Gasteiger partial charge in [0.1, 0.15) is 11.6 Å². The van der Waals surface area contributed by atoms with Crippen molar-refractivity contribution >= 4 is 0 Å². The third-order valence-corrected chi connectivity index (χ3v) is 4.00. The van der Waals surface area contributed by atoms with Crippen LogP contribution >= 0.6 is 0 Å². The summed E-state index contributed by atoms with van der Waals surface area (Å²) in [6, 6.07) is 15.7. The molecular formula is C17H16N2O. The van der Waals surface area contributed by atoms with E-state index < -0.39 is 0 Å². The smallest absolute Gasteiger partial charge is 0.269 e. The fourth-order valence-electron chi connectivity index (χ4n) is 3.01. The van der Waals surface area contributed by atoms with Crippen molar-refractivity contribution in [2.75, 3.05) is 0 Å². The zero-order chi connectivity index (χ0) is 13.9. The number of nitriles is 1. The predicted molar refractivity (Wildman–Crippen MR) is 78.4 cm³/mol. The highest BCUT2D eigenvalue weighted by Gasteiger charge is 2.22. The second kappa shape index (κ2) is 5.34. The largest absolute Gasteiger partial charge is 0.304 e. The van der Waals surface area contributed by atoms with Crippen molar-refractivity contribution in [3.63, 3.8) is 0 Å². The summed E-state index contributed by atoms with van der Waals surface area (Å²) in [5.74, 6) is 0. The van der Waals surface area contributed by atoms with Crippen LogP contribution in [0, 0.1) is 11.3 Å². The van der Waals surface area contributed by atoms with Gasteiger partial charge in [0.15, 0.2) is 0 Å². The Balaban J connectivity index is 2.22. The van der Waals surface area contributed by atoms with Gasteiger partial charge in [-0.3, -0.25) is 4.79 Å². The highest BCUT2D eigenvalue weighted by atomic mass is 16.1. The number of nitrogens with zero attached hydrogens (tertiary/aromatic N) is 2. The molecular weight excluding hydrogens is 248 g/mol. The fourth-order valence-corrected chi connectivity index (χ4v) is 3.01. The van der Waals surface area contributed by atoms with Crippen LogP contribution in [0.15, 0.2) is 47.3 Å². The van der Waals surface area contributed by atoms with E-state index in [2.05, 4.69) is 0 Å². The lowest BCUT2D eigenvalue weighted by Crippen LogP contribution is -2.26. The van der Waals surface area contributed by atoms with Crippen molar-refractivity contribution in [3.8, 4) is 17.3 Å². The maximum atomic E-state index is 12.5. The molecule has 2 aromatic rings. The zero-order valence-electron chi connectivity index (χ0n) is 11.2. The molecule has 0 atom stereocenters. The van der Waals surface area contributed by atoms with Gasteiger partial charge in [-0.2, -0.15) is 5.26 Å². The number of aromatic nitrogens is 1. The SMILES string of the molecule is N#Cc1ccc(-c2ccccc2)n(C2CCCC2)c1=O. The summed E-state index contributed by atoms with van der Waals surface area (Å²) in [7, 11) is 0. The highest BCUT2D eigenvalue weighted by molar-refractivity contribution is 5.60. The topological polar surface area (TPSA) is 45.8 Å². The minimum Gasteiger partial charge on any atom is -0.304 e. The van der Waals surface area contributed by atoms with E-state index in [1.807, 2.05) is 47.0 Å². The van der Waals surface area contributed by atoms with Crippen LogP contribution in [0.4, 0.5) is 0 Å². The summed E-state index contributed by atoms with van der Waals surface area (Å²) < 4.78 is 1.83. The number of hydrogen-bond donors (Lipinski definition) is 0. The Morgan fingerprint density at radius 2 is 1.75 bits per heavy atom. The van der Waals surface area contributed by atoms with Gasteiger partial charge in [-0.1, -0.05) is 43.2 Å². The van der Waals surface area contributed by atoms with Crippen LogP contribution in [0.25, 0.3) is 11.3 Å². The van der Waals surface area contributed by atoms with Crippen LogP contribution in [-0.4, -0.2) is 4.57 Å². The molecule has 3 nitrogen and oxygen atoms in total. The molecule has 1 aliphatic carbocycles. The third-order valence-electron chi connectivity index (χ3n) is 4.00. The Kier molecular flexibility index (Phi) is 3.39. The minimum atomic E-state index is -0.152. The van der Waals surface area contributed by atoms with Gasteiger partial charge in [0, 0.05) is 6.04 Å². The lowest BCUT2D eigenvalue weighted by molar-refractivity contribution is 0.507. The standard InChI is InChI=1S/C17H16N2O/c18-12-14-10-11-16(13-6-2-1-3-7-13)19(17(14)20)15-8-4-5-9-15/h1-3,6-7,10-11,15H,4-5,8-9H2. The molecule has 0 unspecified atom stereocenters. The lowest BCUT2D eigenvalue weighted by atomic mass is 10.1. The van der Waals surface area contributed by atoms with E-state index in [4.69, 9.17) is 5.26 Å². The second-order valence-corrected chi connectivity index (χ2v) is 5.22. The first kappa shape index (κ1) is 12.7. The van der Waals surface area contributed by atoms with E-state index in [-0.39, 0.29) is 17.2 Å². The summed E-state index contributed by atoms with van der Waals surface area (Å²) in [4.78, 5) is 12.5. The minimum absolute atomic E-state index is 0.152. The molecule has 1 heterocycles. The molecule has 1 aliphatic rings. The van der Waals surface area contributed by atoms with Crippen LogP contribution in [-0.2, 0) is 0 Å². The van der Waals surface area contributed by atoms with Gasteiger partial charge >= 0.3 is 0 Å². The lowest BCUT2D eigenvalue weighted by Gasteiger charge is -2.19. The highest BCUT2D eigenvalue weighted by Crippen LogP contribution is 2.32. The monoisotopic (exact) mass is 264 g/mol. The van der Waals surface area contributed by atoms with E-state index in [9.17, 15) is 4.79 Å². The first-order valence-electron chi connectivity index (χ1n) is 7.02. The average molecular weight is 264 g/mol. The Labute approximate surface area is 118 Å². The predicted octanol–water partition coefficient (Wildman–Crippen LogP) is 3.50. The molecule has 0 radical (unpaired) electrons. The molecule has 1 aromatic carbocycles. The molecule has 20 heavy (non-hydrogen) atoms. The van der Waals surface area contributed by atoms with Crippen LogP contribution in [0.2, 0.25) is 0 Å². The first-order chi connectivity index (χ1) is 9.81. The number of hydrogen-bond acceptors (Lipinski definition) is 2. The van der Waals surface area contributed by atoms with Crippen molar-refractivity contribution in [2.45, 2.75) is 31.7 Å². The van der Waals surface area contributed by atoms with Gasteiger partial charge in [-0.15, -0.1) is 0 Å². The first-order valence-corrected chi connectivity index (χ1v) is 7.02.